The highest BCUT2D eigenvalue weighted by Gasteiger charge is 2.25. The number of carbonyl (C=O) groups excluding carboxylic acids is 1. The Kier molecular flexibility index (Phi) is 5.47. The average Bonchev–Trinajstić information content (AvgIpc) is 2.74. The highest BCUT2D eigenvalue weighted by Crippen LogP contribution is 2.09. The van der Waals surface area contributed by atoms with Crippen LogP contribution in [0.5, 0.6) is 0 Å². The molecule has 1 heterocycles. The lowest BCUT2D eigenvalue weighted by molar-refractivity contribution is -0.124. The molecular formula is C13H23N3O3. The molecule has 108 valence electrons. The van der Waals surface area contributed by atoms with Gasteiger partial charge in [0.2, 0.25) is 11.8 Å². The van der Waals surface area contributed by atoms with Crippen LogP contribution < -0.4 is 5.32 Å². The Hall–Kier alpha value is -1.43. The normalized spacial score (nSPS) is 13.3. The average molecular weight is 269 g/mol. The van der Waals surface area contributed by atoms with Crippen LogP contribution in [0.1, 0.15) is 52.3 Å². The number of nitrogens with zero attached hydrogens (tertiary/aromatic N) is 2. The number of amides is 1. The number of aliphatic hydroxyl groups is 1. The molecule has 1 aromatic rings. The predicted octanol–water partition coefficient (Wildman–Crippen LogP) is 1.23. The molecule has 19 heavy (non-hydrogen) atoms. The van der Waals surface area contributed by atoms with E-state index in [1.165, 1.54) is 0 Å². The van der Waals surface area contributed by atoms with Gasteiger partial charge in [0, 0.05) is 19.3 Å². The van der Waals surface area contributed by atoms with Gasteiger partial charge < -0.3 is 14.9 Å². The minimum Gasteiger partial charge on any atom is -0.391 e. The van der Waals surface area contributed by atoms with Gasteiger partial charge in [-0.3, -0.25) is 4.79 Å². The molecule has 0 saturated heterocycles. The summed E-state index contributed by atoms with van der Waals surface area (Å²) < 4.78 is 5.05. The molecule has 2 N–H and O–H groups in total. The van der Waals surface area contributed by atoms with Crippen molar-refractivity contribution in [3.05, 3.63) is 11.7 Å². The van der Waals surface area contributed by atoms with Crippen molar-refractivity contribution in [1.29, 1.82) is 0 Å². The summed E-state index contributed by atoms with van der Waals surface area (Å²) in [7, 11) is 0. The molecule has 0 spiro atoms. The van der Waals surface area contributed by atoms with Gasteiger partial charge in [-0.05, 0) is 27.2 Å². The molecule has 1 rings (SSSR count). The number of aryl methyl sites for hydroxylation is 2. The first-order chi connectivity index (χ1) is 8.85. The molecule has 0 aliphatic carbocycles. The van der Waals surface area contributed by atoms with Crippen molar-refractivity contribution < 1.29 is 14.4 Å². The summed E-state index contributed by atoms with van der Waals surface area (Å²) in [5.41, 5.74) is -0.640. The fourth-order valence-electron chi connectivity index (χ4n) is 1.46. The molecule has 1 amide bonds. The lowest BCUT2D eigenvalue weighted by Gasteiger charge is -2.29. The van der Waals surface area contributed by atoms with E-state index in [9.17, 15) is 9.90 Å². The van der Waals surface area contributed by atoms with Crippen molar-refractivity contribution in [3.63, 3.8) is 0 Å². The summed E-state index contributed by atoms with van der Waals surface area (Å²) in [4.78, 5) is 16.0. The standard InChI is InChI=1S/C13H23N3O3/c1-5-6-10-14-12(19-16-10)8-7-11(18)15-13(3,4)9(2)17/h9,17H,5-8H2,1-4H3,(H,15,18). The van der Waals surface area contributed by atoms with E-state index in [0.717, 1.165) is 12.8 Å². The summed E-state index contributed by atoms with van der Waals surface area (Å²) in [6.07, 6.45) is 1.81. The van der Waals surface area contributed by atoms with Crippen LogP contribution in [0.25, 0.3) is 0 Å². The quantitative estimate of drug-likeness (QED) is 0.777. The van der Waals surface area contributed by atoms with E-state index in [4.69, 9.17) is 4.52 Å². The van der Waals surface area contributed by atoms with Gasteiger partial charge >= 0.3 is 0 Å². The van der Waals surface area contributed by atoms with E-state index in [2.05, 4.69) is 15.5 Å². The van der Waals surface area contributed by atoms with Crippen LogP contribution in [0, 0.1) is 0 Å². The molecular weight excluding hydrogens is 246 g/mol. The summed E-state index contributed by atoms with van der Waals surface area (Å²) in [6, 6.07) is 0. The van der Waals surface area contributed by atoms with Crippen molar-refractivity contribution in [3.8, 4) is 0 Å². The predicted molar refractivity (Wildman–Crippen MR) is 70.5 cm³/mol. The molecule has 0 aliphatic rings. The zero-order valence-electron chi connectivity index (χ0n) is 12.1. The van der Waals surface area contributed by atoms with E-state index >= 15 is 0 Å². The number of hydrogen-bond acceptors (Lipinski definition) is 5. The monoisotopic (exact) mass is 269 g/mol. The van der Waals surface area contributed by atoms with Crippen LogP contribution in [0.3, 0.4) is 0 Å². The van der Waals surface area contributed by atoms with Crippen LogP contribution in [0.15, 0.2) is 4.52 Å². The Morgan fingerprint density at radius 1 is 1.47 bits per heavy atom. The number of aliphatic hydroxyl groups excluding tert-OH is 1. The van der Waals surface area contributed by atoms with Crippen molar-refractivity contribution in [2.24, 2.45) is 0 Å². The fourth-order valence-corrected chi connectivity index (χ4v) is 1.46. The molecule has 6 nitrogen and oxygen atoms in total. The summed E-state index contributed by atoms with van der Waals surface area (Å²) in [5.74, 6) is 1.02. The third kappa shape index (κ3) is 4.98. The molecule has 0 aromatic carbocycles. The van der Waals surface area contributed by atoms with Gasteiger partial charge in [0.05, 0.1) is 11.6 Å². The number of rotatable bonds is 7. The van der Waals surface area contributed by atoms with Gasteiger partial charge in [0.1, 0.15) is 0 Å². The van der Waals surface area contributed by atoms with Crippen LogP contribution in [-0.4, -0.2) is 32.8 Å². The lowest BCUT2D eigenvalue weighted by atomic mass is 9.98. The van der Waals surface area contributed by atoms with Crippen molar-refractivity contribution in [1.82, 2.24) is 15.5 Å². The maximum absolute atomic E-state index is 11.8. The number of carbonyl (C=O) groups is 1. The molecule has 0 saturated carbocycles. The third-order valence-electron chi connectivity index (χ3n) is 3.06. The second-order valence-corrected chi connectivity index (χ2v) is 5.30. The second kappa shape index (κ2) is 6.65. The second-order valence-electron chi connectivity index (χ2n) is 5.30. The first-order valence-electron chi connectivity index (χ1n) is 6.65. The molecule has 1 atom stereocenters. The Labute approximate surface area is 113 Å². The number of hydrogen-bond donors (Lipinski definition) is 2. The number of aromatic nitrogens is 2. The molecule has 6 heteroatoms. The number of nitrogens with one attached hydrogen (secondary N) is 1. The topological polar surface area (TPSA) is 88.2 Å². The highest BCUT2D eigenvalue weighted by molar-refractivity contribution is 5.76. The maximum Gasteiger partial charge on any atom is 0.227 e. The van der Waals surface area contributed by atoms with Crippen molar-refractivity contribution >= 4 is 5.91 Å². The zero-order chi connectivity index (χ0) is 14.5. The fraction of sp³-hybridized carbons (Fsp3) is 0.769. The molecule has 1 unspecified atom stereocenters. The van der Waals surface area contributed by atoms with Gasteiger partial charge in [0.25, 0.3) is 0 Å². The van der Waals surface area contributed by atoms with E-state index in [0.29, 0.717) is 18.1 Å². The Morgan fingerprint density at radius 3 is 2.74 bits per heavy atom. The highest BCUT2D eigenvalue weighted by atomic mass is 16.5. The van der Waals surface area contributed by atoms with Gasteiger partial charge in [-0.1, -0.05) is 12.1 Å². The summed E-state index contributed by atoms with van der Waals surface area (Å²) in [6.45, 7) is 7.25. The summed E-state index contributed by atoms with van der Waals surface area (Å²) >= 11 is 0. The van der Waals surface area contributed by atoms with Gasteiger partial charge in [-0.2, -0.15) is 4.98 Å². The molecule has 0 radical (unpaired) electrons. The van der Waals surface area contributed by atoms with Crippen LogP contribution in [0.2, 0.25) is 0 Å². The smallest absolute Gasteiger partial charge is 0.227 e. The van der Waals surface area contributed by atoms with Crippen LogP contribution in [0.4, 0.5) is 0 Å². The van der Waals surface area contributed by atoms with Gasteiger partial charge in [-0.25, -0.2) is 0 Å². The third-order valence-corrected chi connectivity index (χ3v) is 3.06. The van der Waals surface area contributed by atoms with Gasteiger partial charge in [-0.15, -0.1) is 0 Å². The zero-order valence-corrected chi connectivity index (χ0v) is 12.1. The molecule has 0 aliphatic heterocycles. The minimum atomic E-state index is -0.640. The van der Waals surface area contributed by atoms with E-state index in [-0.39, 0.29) is 12.3 Å². The molecule has 0 bridgehead atoms. The van der Waals surface area contributed by atoms with E-state index in [1.807, 2.05) is 6.92 Å². The molecule has 0 fully saturated rings. The first-order valence-corrected chi connectivity index (χ1v) is 6.65. The SMILES string of the molecule is CCCc1noc(CCC(=O)NC(C)(C)C(C)O)n1. The Morgan fingerprint density at radius 2 is 2.16 bits per heavy atom. The van der Waals surface area contributed by atoms with E-state index in [1.54, 1.807) is 20.8 Å². The largest absolute Gasteiger partial charge is 0.391 e. The Balaban J connectivity index is 2.41. The van der Waals surface area contributed by atoms with Gasteiger partial charge in [0.15, 0.2) is 5.82 Å². The van der Waals surface area contributed by atoms with Crippen LogP contribution in [-0.2, 0) is 17.6 Å². The first kappa shape index (κ1) is 15.6. The minimum absolute atomic E-state index is 0.138. The molecule has 1 aromatic heterocycles. The maximum atomic E-state index is 11.8. The van der Waals surface area contributed by atoms with Crippen LogP contribution >= 0.6 is 0 Å². The van der Waals surface area contributed by atoms with Crippen molar-refractivity contribution in [2.45, 2.75) is 65.0 Å². The van der Waals surface area contributed by atoms with Crippen molar-refractivity contribution in [2.75, 3.05) is 0 Å². The summed E-state index contributed by atoms with van der Waals surface area (Å²) in [5, 5.41) is 16.1. The Bertz CT molecular complexity index is 413. The van der Waals surface area contributed by atoms with E-state index < -0.39 is 11.6 Å². The lowest BCUT2D eigenvalue weighted by Crippen LogP contribution is -2.51.